The normalized spacial score (nSPS) is 13.6. The van der Waals surface area contributed by atoms with E-state index in [9.17, 15) is 0 Å². The van der Waals surface area contributed by atoms with Gasteiger partial charge in [-0.2, -0.15) is 0 Å². The van der Waals surface area contributed by atoms with Crippen LogP contribution in [0.1, 0.15) is 12.8 Å². The van der Waals surface area contributed by atoms with Gasteiger partial charge in [-0.25, -0.2) is 0 Å². The maximum Gasteiger partial charge on any atom is 0.148 e. The van der Waals surface area contributed by atoms with Crippen molar-refractivity contribution in [3.8, 4) is 0 Å². The third kappa shape index (κ3) is 3.10. The molecular weight excluding hydrogens is 144 g/mol. The molecule has 0 fully saturated rings. The van der Waals surface area contributed by atoms with Gasteiger partial charge in [-0.1, -0.05) is 0 Å². The first-order valence-electron chi connectivity index (χ1n) is 3.46. The summed E-state index contributed by atoms with van der Waals surface area (Å²) in [5, 5.41) is 0. The summed E-state index contributed by atoms with van der Waals surface area (Å²) in [5.41, 5.74) is 31.0. The van der Waals surface area contributed by atoms with E-state index in [4.69, 9.17) is 34.4 Å². The molecule has 0 aromatic heterocycles. The minimum absolute atomic E-state index is 0.410. The van der Waals surface area contributed by atoms with Crippen LogP contribution in [0.15, 0.2) is 0 Å². The third-order valence-corrected chi connectivity index (χ3v) is 1.60. The van der Waals surface area contributed by atoms with Crippen LogP contribution in [0.5, 0.6) is 0 Å². The molecule has 0 aromatic rings. The minimum atomic E-state index is -1.55. The van der Waals surface area contributed by atoms with Crippen molar-refractivity contribution >= 4 is 0 Å². The molecule has 6 heteroatoms. The smallest absolute Gasteiger partial charge is 0.148 e. The third-order valence-electron chi connectivity index (χ3n) is 1.60. The van der Waals surface area contributed by atoms with Crippen LogP contribution in [0.4, 0.5) is 0 Å². The van der Waals surface area contributed by atoms with Crippen molar-refractivity contribution in [2.75, 3.05) is 6.54 Å². The average Bonchev–Trinajstić information content (AvgIpc) is 1.81. The molecule has 0 aliphatic carbocycles. The van der Waals surface area contributed by atoms with Crippen molar-refractivity contribution < 1.29 is 0 Å². The van der Waals surface area contributed by atoms with Gasteiger partial charge >= 0.3 is 0 Å². The molecule has 0 rings (SSSR count). The Morgan fingerprint density at radius 3 is 1.64 bits per heavy atom. The molecule has 0 spiro atoms. The molecule has 0 unspecified atom stereocenters. The van der Waals surface area contributed by atoms with E-state index in [0.717, 1.165) is 0 Å². The van der Waals surface area contributed by atoms with Crippen LogP contribution in [0.2, 0.25) is 0 Å². The van der Waals surface area contributed by atoms with E-state index in [-0.39, 0.29) is 0 Å². The summed E-state index contributed by atoms with van der Waals surface area (Å²) >= 11 is 0. The summed E-state index contributed by atoms with van der Waals surface area (Å²) in [4.78, 5) is 0. The number of nitrogens with two attached hydrogens (primary N) is 6. The van der Waals surface area contributed by atoms with Gasteiger partial charge in [-0.15, -0.1) is 0 Å². The second-order valence-corrected chi connectivity index (χ2v) is 2.87. The molecule has 0 aliphatic rings. The molecule has 0 saturated carbocycles. The predicted molar refractivity (Wildman–Crippen MR) is 44.7 cm³/mol. The summed E-state index contributed by atoms with van der Waals surface area (Å²) in [6.07, 6.45) is 1.06. The summed E-state index contributed by atoms with van der Waals surface area (Å²) < 4.78 is 0. The summed E-state index contributed by atoms with van der Waals surface area (Å²) in [6, 6.07) is 0. The fourth-order valence-electron chi connectivity index (χ4n) is 0.611. The van der Waals surface area contributed by atoms with E-state index >= 15 is 0 Å². The van der Waals surface area contributed by atoms with Gasteiger partial charge in [0.25, 0.3) is 0 Å². The first-order valence-corrected chi connectivity index (χ1v) is 3.46. The van der Waals surface area contributed by atoms with Crippen LogP contribution in [0.3, 0.4) is 0 Å². The Morgan fingerprint density at radius 2 is 1.36 bits per heavy atom. The first-order chi connectivity index (χ1) is 4.81. The lowest BCUT2D eigenvalue weighted by Crippen LogP contribution is -2.80. The number of hydrogen-bond donors (Lipinski definition) is 6. The highest BCUT2D eigenvalue weighted by atomic mass is 15.2. The van der Waals surface area contributed by atoms with Crippen LogP contribution < -0.4 is 34.4 Å². The van der Waals surface area contributed by atoms with E-state index in [1.165, 1.54) is 0 Å². The van der Waals surface area contributed by atoms with Crippen molar-refractivity contribution in [1.82, 2.24) is 0 Å². The van der Waals surface area contributed by atoms with Crippen LogP contribution >= 0.6 is 0 Å². The van der Waals surface area contributed by atoms with Crippen molar-refractivity contribution in [2.24, 2.45) is 34.4 Å². The highest BCUT2D eigenvalue weighted by Crippen LogP contribution is 2.06. The van der Waals surface area contributed by atoms with E-state index in [0.29, 0.717) is 19.4 Å². The summed E-state index contributed by atoms with van der Waals surface area (Å²) in [6.45, 7) is 0.492. The van der Waals surface area contributed by atoms with Gasteiger partial charge in [0.15, 0.2) is 0 Å². The van der Waals surface area contributed by atoms with Crippen LogP contribution in [0, 0.1) is 0 Å². The van der Waals surface area contributed by atoms with Crippen molar-refractivity contribution in [2.45, 2.75) is 24.3 Å². The Morgan fingerprint density at radius 1 is 0.909 bits per heavy atom. The Kier molecular flexibility index (Phi) is 3.36. The highest BCUT2D eigenvalue weighted by molar-refractivity contribution is 4.94. The molecule has 0 aliphatic heterocycles. The summed E-state index contributed by atoms with van der Waals surface area (Å²) in [7, 11) is 0. The molecule has 0 bridgehead atoms. The van der Waals surface area contributed by atoms with Crippen LogP contribution in [-0.2, 0) is 0 Å². The lowest BCUT2D eigenvalue weighted by atomic mass is 9.99. The molecule has 0 saturated heterocycles. The highest BCUT2D eigenvalue weighted by Gasteiger charge is 2.35. The van der Waals surface area contributed by atoms with Gasteiger partial charge in [0, 0.05) is 0 Å². The van der Waals surface area contributed by atoms with Crippen molar-refractivity contribution in [3.63, 3.8) is 0 Å². The number of rotatable bonds is 4. The molecule has 0 aromatic carbocycles. The Bertz CT molecular complexity index is 115. The van der Waals surface area contributed by atoms with Gasteiger partial charge in [-0.3, -0.25) is 17.2 Å². The van der Waals surface area contributed by atoms with Crippen molar-refractivity contribution in [3.05, 3.63) is 0 Å². The summed E-state index contributed by atoms with van der Waals surface area (Å²) in [5.74, 6) is -1.55. The van der Waals surface area contributed by atoms with Gasteiger partial charge in [0.2, 0.25) is 0 Å². The maximum absolute atomic E-state index is 5.53. The zero-order chi connectivity index (χ0) is 9.12. The fraction of sp³-hybridized carbons (Fsp3) is 1.00. The monoisotopic (exact) mass is 162 g/mol. The van der Waals surface area contributed by atoms with Gasteiger partial charge in [0.05, 0.1) is 0 Å². The average molecular weight is 162 g/mol. The Balaban J connectivity index is 4.00. The van der Waals surface area contributed by atoms with Gasteiger partial charge < -0.3 is 17.2 Å². The standard InChI is InChI=1S/C5H18N6/c6-3-1-2-4(7,8)5(9,10)11/h1-3,6-11H2. The molecule has 6 nitrogen and oxygen atoms in total. The van der Waals surface area contributed by atoms with E-state index in [1.54, 1.807) is 0 Å². The van der Waals surface area contributed by atoms with E-state index in [1.807, 2.05) is 0 Å². The Hall–Kier alpha value is -0.240. The van der Waals surface area contributed by atoms with Crippen molar-refractivity contribution in [1.29, 1.82) is 0 Å². The topological polar surface area (TPSA) is 156 Å². The lowest BCUT2D eigenvalue weighted by Gasteiger charge is -2.36. The maximum atomic E-state index is 5.53. The molecule has 0 amide bonds. The van der Waals surface area contributed by atoms with E-state index < -0.39 is 11.4 Å². The molecule has 11 heavy (non-hydrogen) atoms. The first kappa shape index (κ1) is 10.8. The SMILES string of the molecule is NCCCC(N)(N)C(N)(N)N. The van der Waals surface area contributed by atoms with E-state index in [2.05, 4.69) is 0 Å². The predicted octanol–water partition coefficient (Wildman–Crippen LogP) is -3.13. The van der Waals surface area contributed by atoms with Gasteiger partial charge in [-0.05, 0) is 19.4 Å². The van der Waals surface area contributed by atoms with Crippen LogP contribution in [0.25, 0.3) is 0 Å². The fourth-order valence-corrected chi connectivity index (χ4v) is 0.611. The quantitative estimate of drug-likeness (QED) is 0.240. The number of hydrogen-bond acceptors (Lipinski definition) is 6. The second-order valence-electron chi connectivity index (χ2n) is 2.87. The largest absolute Gasteiger partial charge is 0.330 e. The Labute approximate surface area is 66.2 Å². The van der Waals surface area contributed by atoms with Crippen LogP contribution in [-0.4, -0.2) is 18.0 Å². The zero-order valence-electron chi connectivity index (χ0n) is 6.59. The molecule has 0 heterocycles. The van der Waals surface area contributed by atoms with Gasteiger partial charge in [0.1, 0.15) is 11.4 Å². The molecule has 0 radical (unpaired) electrons. The molecule has 12 N–H and O–H groups in total. The second kappa shape index (κ2) is 3.44. The lowest BCUT2D eigenvalue weighted by molar-refractivity contribution is 0.219. The molecular formula is C5H18N6. The molecule has 68 valence electrons. The zero-order valence-corrected chi connectivity index (χ0v) is 6.59. The minimum Gasteiger partial charge on any atom is -0.330 e. The molecule has 0 atom stereocenters.